The monoisotopic (exact) mass is 299 g/mol. The Morgan fingerprint density at radius 1 is 1.36 bits per heavy atom. The highest BCUT2D eigenvalue weighted by molar-refractivity contribution is 5.88. The zero-order chi connectivity index (χ0) is 15.3. The van der Waals surface area contributed by atoms with Gasteiger partial charge in [-0.25, -0.2) is 0 Å². The second-order valence-corrected chi connectivity index (χ2v) is 7.63. The molecule has 1 saturated heterocycles. The van der Waals surface area contributed by atoms with Crippen molar-refractivity contribution in [3.8, 4) is 0 Å². The van der Waals surface area contributed by atoms with Gasteiger partial charge >= 0.3 is 0 Å². The fourth-order valence-electron chi connectivity index (χ4n) is 5.33. The summed E-state index contributed by atoms with van der Waals surface area (Å²) in [6, 6.07) is 7.37. The summed E-state index contributed by atoms with van der Waals surface area (Å²) >= 11 is 0. The lowest BCUT2D eigenvalue weighted by molar-refractivity contribution is -0.943. The summed E-state index contributed by atoms with van der Waals surface area (Å²) in [5.74, 6) is 1.03. The zero-order valence-electron chi connectivity index (χ0n) is 13.7. The third-order valence-corrected chi connectivity index (χ3v) is 6.17. The smallest absolute Gasteiger partial charge is 0.0999 e. The van der Waals surface area contributed by atoms with Crippen molar-refractivity contribution in [3.63, 3.8) is 0 Å². The van der Waals surface area contributed by atoms with E-state index in [-0.39, 0.29) is 0 Å². The average Bonchev–Trinajstić information content (AvgIpc) is 2.93. The topological polar surface area (TPSA) is 36.0 Å². The molecule has 2 unspecified atom stereocenters. The Kier molecular flexibility index (Phi) is 3.31. The van der Waals surface area contributed by atoms with Gasteiger partial charge in [0.2, 0.25) is 0 Å². The Balaban J connectivity index is 1.84. The predicted molar refractivity (Wildman–Crippen MR) is 89.9 cm³/mol. The van der Waals surface area contributed by atoms with Crippen LogP contribution in [0.15, 0.2) is 24.4 Å². The first-order valence-electron chi connectivity index (χ1n) is 8.70. The highest BCUT2D eigenvalue weighted by Crippen LogP contribution is 2.46. The summed E-state index contributed by atoms with van der Waals surface area (Å²) in [5.41, 5.74) is 4.29. The molecule has 2 aromatic rings. The molecule has 3 nitrogen and oxygen atoms in total. The van der Waals surface area contributed by atoms with Crippen LogP contribution in [0.3, 0.4) is 0 Å². The van der Waals surface area contributed by atoms with Gasteiger partial charge in [0.25, 0.3) is 0 Å². The molecule has 1 aliphatic heterocycles. The summed E-state index contributed by atoms with van der Waals surface area (Å²) < 4.78 is 1.12. The molecule has 1 aromatic heterocycles. The fourth-order valence-corrected chi connectivity index (χ4v) is 5.33. The Morgan fingerprint density at radius 2 is 2.23 bits per heavy atom. The quantitative estimate of drug-likeness (QED) is 0.840. The van der Waals surface area contributed by atoms with Crippen molar-refractivity contribution in [1.82, 2.24) is 4.98 Å². The van der Waals surface area contributed by atoms with Gasteiger partial charge in [0.15, 0.2) is 0 Å². The van der Waals surface area contributed by atoms with Crippen LogP contribution >= 0.6 is 0 Å². The third-order valence-electron chi connectivity index (χ3n) is 6.17. The van der Waals surface area contributed by atoms with Gasteiger partial charge in [0.1, 0.15) is 0 Å². The van der Waals surface area contributed by atoms with Crippen molar-refractivity contribution < 1.29 is 9.59 Å². The molecule has 4 atom stereocenters. The molecule has 1 aliphatic carbocycles. The Bertz CT molecular complexity index is 692. The second kappa shape index (κ2) is 5.10. The minimum absolute atomic E-state index is 0.330. The number of benzene rings is 1. The maximum absolute atomic E-state index is 9.81. The van der Waals surface area contributed by atoms with Crippen LogP contribution in [-0.2, 0) is 6.42 Å². The van der Waals surface area contributed by atoms with Crippen molar-refractivity contribution >= 4 is 10.9 Å². The van der Waals surface area contributed by atoms with E-state index in [1.54, 1.807) is 0 Å². The molecule has 2 aliphatic rings. The molecule has 0 spiro atoms. The molecule has 3 heteroatoms. The molecule has 0 saturated carbocycles. The van der Waals surface area contributed by atoms with Crippen LogP contribution in [0.5, 0.6) is 0 Å². The van der Waals surface area contributed by atoms with E-state index in [1.165, 1.54) is 41.4 Å². The van der Waals surface area contributed by atoms with Crippen molar-refractivity contribution in [3.05, 3.63) is 35.5 Å². The maximum Gasteiger partial charge on any atom is 0.0999 e. The van der Waals surface area contributed by atoms with Gasteiger partial charge in [-0.3, -0.25) is 0 Å². The number of nitrogens with one attached hydrogen (secondary N) is 1. The van der Waals surface area contributed by atoms with Crippen LogP contribution in [0.25, 0.3) is 10.9 Å². The number of aromatic amines is 1. The van der Waals surface area contributed by atoms with Gasteiger partial charge in [0.05, 0.1) is 32.8 Å². The molecule has 22 heavy (non-hydrogen) atoms. The highest BCUT2D eigenvalue weighted by Gasteiger charge is 2.48. The molecule has 1 fully saturated rings. The van der Waals surface area contributed by atoms with Crippen molar-refractivity contribution in [2.45, 2.75) is 38.1 Å². The number of piperidine rings is 1. The van der Waals surface area contributed by atoms with E-state index >= 15 is 0 Å². The Morgan fingerprint density at radius 3 is 3.00 bits per heavy atom. The van der Waals surface area contributed by atoms with Crippen molar-refractivity contribution in [1.29, 1.82) is 0 Å². The lowest BCUT2D eigenvalue weighted by atomic mass is 9.71. The number of likely N-dealkylation sites (N-methyl/N-ethyl adjacent to an activating group) is 1. The number of hydrogen-bond acceptors (Lipinski definition) is 1. The predicted octanol–water partition coefficient (Wildman–Crippen LogP) is 3.05. The number of aromatic nitrogens is 1. The molecule has 1 aromatic carbocycles. The van der Waals surface area contributed by atoms with Crippen LogP contribution in [0.4, 0.5) is 0 Å². The van der Waals surface area contributed by atoms with Gasteiger partial charge in [0, 0.05) is 35.4 Å². The van der Waals surface area contributed by atoms with Crippen LogP contribution in [0.1, 0.15) is 36.8 Å². The van der Waals surface area contributed by atoms with Gasteiger partial charge in [-0.2, -0.15) is 0 Å². The van der Waals surface area contributed by atoms with Gasteiger partial charge in [-0.05, 0) is 30.0 Å². The number of fused-ring (bicyclic) bond motifs is 2. The minimum atomic E-state index is 0.330. The summed E-state index contributed by atoms with van der Waals surface area (Å²) in [6.07, 6.45) is 5.75. The first-order valence-corrected chi connectivity index (χ1v) is 8.70. The second-order valence-electron chi connectivity index (χ2n) is 7.63. The minimum Gasteiger partial charge on any atom is -0.396 e. The van der Waals surface area contributed by atoms with E-state index in [0.717, 1.165) is 17.4 Å². The number of nitrogens with zero attached hydrogens (tertiary/aromatic N) is 1. The zero-order valence-corrected chi connectivity index (χ0v) is 13.7. The summed E-state index contributed by atoms with van der Waals surface area (Å²) in [4.78, 5) is 3.46. The van der Waals surface area contributed by atoms with E-state index in [2.05, 4.69) is 43.4 Å². The number of quaternary nitrogens is 1. The molecule has 4 rings (SSSR count). The highest BCUT2D eigenvalue weighted by atomic mass is 16.3. The number of H-pyrrole nitrogens is 1. The molecule has 118 valence electrons. The molecule has 2 heterocycles. The van der Waals surface area contributed by atoms with Crippen LogP contribution in [0, 0.1) is 5.92 Å². The van der Waals surface area contributed by atoms with Crippen LogP contribution in [0.2, 0.25) is 0 Å². The maximum atomic E-state index is 9.81. The average molecular weight is 299 g/mol. The van der Waals surface area contributed by atoms with Crippen LogP contribution < -0.4 is 0 Å². The first-order chi connectivity index (χ1) is 10.7. The van der Waals surface area contributed by atoms with E-state index < -0.39 is 0 Å². The van der Waals surface area contributed by atoms with Gasteiger partial charge < -0.3 is 14.6 Å². The normalized spacial score (nSPS) is 33.9. The van der Waals surface area contributed by atoms with Gasteiger partial charge in [-0.15, -0.1) is 0 Å². The number of rotatable bonds is 3. The standard InChI is InChI=1S/C19H27N2O/c1-3-7-21(2)11-13(12-22)8-16-15-5-4-6-17-19(15)14(10-20-17)9-18(16)21/h4-6,10,13,16,18,20,22H,3,7-9,11-12H2,1-2H3/q+1/t13?,16-,18-,21?/m1/s1. The van der Waals surface area contributed by atoms with E-state index in [4.69, 9.17) is 0 Å². The Labute approximate surface area is 132 Å². The van der Waals surface area contributed by atoms with E-state index in [0.29, 0.717) is 24.5 Å². The molecule has 0 amide bonds. The van der Waals surface area contributed by atoms with Crippen molar-refractivity contribution in [2.75, 3.05) is 26.7 Å². The third kappa shape index (κ3) is 1.95. The molecule has 2 N–H and O–H groups in total. The van der Waals surface area contributed by atoms with E-state index in [1.807, 2.05) is 0 Å². The molecule has 0 radical (unpaired) electrons. The summed E-state index contributed by atoms with van der Waals surface area (Å²) in [6.45, 7) is 4.96. The SMILES string of the molecule is CCC[N+]1(C)CC(CO)C[C@@H]2c3cccc4[nH]cc(c34)C[C@H]21. The largest absolute Gasteiger partial charge is 0.396 e. The number of aliphatic hydroxyl groups is 1. The van der Waals surface area contributed by atoms with Gasteiger partial charge in [-0.1, -0.05) is 19.1 Å². The number of aliphatic hydroxyl groups excluding tert-OH is 1. The number of likely N-dealkylation sites (tertiary alicyclic amines) is 1. The number of hydrogen-bond donors (Lipinski definition) is 2. The fraction of sp³-hybridized carbons (Fsp3) is 0.579. The van der Waals surface area contributed by atoms with E-state index in [9.17, 15) is 5.11 Å². The molecular formula is C19H27N2O+. The lowest BCUT2D eigenvalue weighted by Gasteiger charge is -2.52. The molecular weight excluding hydrogens is 272 g/mol. The van der Waals surface area contributed by atoms with Crippen molar-refractivity contribution in [2.24, 2.45) is 5.92 Å². The Hall–Kier alpha value is -1.32. The lowest BCUT2D eigenvalue weighted by Crippen LogP contribution is -2.62. The summed E-state index contributed by atoms with van der Waals surface area (Å²) in [5, 5.41) is 11.3. The molecule has 0 bridgehead atoms. The first kappa shape index (κ1) is 14.3. The van der Waals surface area contributed by atoms with Crippen LogP contribution in [-0.4, -0.2) is 47.4 Å². The summed E-state index contributed by atoms with van der Waals surface area (Å²) in [7, 11) is 2.42.